The fraction of sp³-hybridized carbons (Fsp3) is 0.591. The number of benzene rings is 1. The molecule has 1 aliphatic carbocycles. The average Bonchev–Trinajstić information content (AvgIpc) is 3.34. The molecule has 1 N–H and O–H groups in total. The van der Waals surface area contributed by atoms with Crippen LogP contribution in [0.5, 0.6) is 11.5 Å². The van der Waals surface area contributed by atoms with Crippen LogP contribution in [0.1, 0.15) is 57.2 Å². The van der Waals surface area contributed by atoms with Crippen LogP contribution in [0.3, 0.4) is 0 Å². The zero-order valence-electron chi connectivity index (χ0n) is 18.0. The number of aromatic nitrogens is 3. The summed E-state index contributed by atoms with van der Waals surface area (Å²) >= 11 is 1.47. The van der Waals surface area contributed by atoms with Crippen molar-refractivity contribution in [3.05, 3.63) is 23.8 Å². The number of rotatable bonds is 7. The largest absolute Gasteiger partial charge is 0.454 e. The standard InChI is InChI=1S/C22H29N5O3S/c1-14-7-9-26(10-8-14)21-24-25-22(27(21)17-4-5-17)31-12-20(28)23-15(2)16-3-6-18-19(11-16)30-13-29-18/h3,6,11,14-15,17H,4-5,7-10,12-13H2,1-2H3,(H,23,28)/t15-/m0/s1. The summed E-state index contributed by atoms with van der Waals surface area (Å²) in [4.78, 5) is 15.0. The first-order chi connectivity index (χ1) is 15.1. The summed E-state index contributed by atoms with van der Waals surface area (Å²) < 4.78 is 13.1. The maximum absolute atomic E-state index is 12.6. The SMILES string of the molecule is CC1CCN(c2nnc(SCC(=O)N[C@@H](C)c3ccc4c(c3)OCO4)n2C2CC2)CC1. The van der Waals surface area contributed by atoms with Crippen LogP contribution in [0, 0.1) is 5.92 Å². The van der Waals surface area contributed by atoms with Crippen LogP contribution >= 0.6 is 11.8 Å². The van der Waals surface area contributed by atoms with E-state index >= 15 is 0 Å². The minimum absolute atomic E-state index is 0.0196. The highest BCUT2D eigenvalue weighted by Gasteiger charge is 2.32. The molecule has 2 aliphatic heterocycles. The predicted octanol–water partition coefficient (Wildman–Crippen LogP) is 3.55. The van der Waals surface area contributed by atoms with Gasteiger partial charge in [0.05, 0.1) is 11.8 Å². The van der Waals surface area contributed by atoms with E-state index in [0.29, 0.717) is 11.8 Å². The normalized spacial score (nSPS) is 19.5. The van der Waals surface area contributed by atoms with Gasteiger partial charge < -0.3 is 19.7 Å². The van der Waals surface area contributed by atoms with Gasteiger partial charge in [-0.05, 0) is 56.2 Å². The molecular weight excluding hydrogens is 414 g/mol. The number of fused-ring (bicyclic) bond motifs is 1. The van der Waals surface area contributed by atoms with Gasteiger partial charge in [0.1, 0.15) is 0 Å². The van der Waals surface area contributed by atoms with Crippen molar-refractivity contribution in [1.29, 1.82) is 0 Å². The molecule has 3 aliphatic rings. The van der Waals surface area contributed by atoms with Gasteiger partial charge in [-0.25, -0.2) is 0 Å². The van der Waals surface area contributed by atoms with E-state index in [9.17, 15) is 4.79 Å². The Kier molecular flexibility index (Phi) is 5.69. The van der Waals surface area contributed by atoms with Gasteiger partial charge in [0.15, 0.2) is 16.7 Å². The minimum Gasteiger partial charge on any atom is -0.454 e. The number of anilines is 1. The van der Waals surface area contributed by atoms with Gasteiger partial charge >= 0.3 is 0 Å². The molecule has 1 aromatic heterocycles. The summed E-state index contributed by atoms with van der Waals surface area (Å²) in [5, 5.41) is 12.9. The third kappa shape index (κ3) is 4.46. The number of thioether (sulfide) groups is 1. The van der Waals surface area contributed by atoms with Gasteiger partial charge in [-0.15, -0.1) is 10.2 Å². The Bertz CT molecular complexity index is 953. The predicted molar refractivity (Wildman–Crippen MR) is 119 cm³/mol. The first-order valence-corrected chi connectivity index (χ1v) is 12.1. The van der Waals surface area contributed by atoms with E-state index in [1.54, 1.807) is 0 Å². The zero-order chi connectivity index (χ0) is 21.4. The minimum atomic E-state index is -0.116. The molecule has 3 heterocycles. The number of ether oxygens (including phenoxy) is 2. The Morgan fingerprint density at radius 3 is 2.74 bits per heavy atom. The lowest BCUT2D eigenvalue weighted by Crippen LogP contribution is -2.34. The van der Waals surface area contributed by atoms with E-state index in [-0.39, 0.29) is 18.7 Å². The Morgan fingerprint density at radius 2 is 1.97 bits per heavy atom. The lowest BCUT2D eigenvalue weighted by Gasteiger charge is -2.31. The molecule has 0 unspecified atom stereocenters. The molecule has 166 valence electrons. The number of amides is 1. The summed E-state index contributed by atoms with van der Waals surface area (Å²) in [5.74, 6) is 3.52. The van der Waals surface area contributed by atoms with E-state index in [1.807, 2.05) is 25.1 Å². The summed E-state index contributed by atoms with van der Waals surface area (Å²) in [6.45, 7) is 6.60. The lowest BCUT2D eigenvalue weighted by atomic mass is 10.00. The van der Waals surface area contributed by atoms with Gasteiger partial charge in [0.25, 0.3) is 0 Å². The maximum Gasteiger partial charge on any atom is 0.231 e. The van der Waals surface area contributed by atoms with Crippen molar-refractivity contribution >= 4 is 23.6 Å². The van der Waals surface area contributed by atoms with Crippen molar-refractivity contribution in [2.45, 2.75) is 56.8 Å². The Hall–Kier alpha value is -2.42. The second-order valence-electron chi connectivity index (χ2n) is 8.74. The summed E-state index contributed by atoms with van der Waals surface area (Å²) in [7, 11) is 0. The van der Waals surface area contributed by atoms with Gasteiger partial charge in [0.2, 0.25) is 18.6 Å². The Morgan fingerprint density at radius 1 is 1.19 bits per heavy atom. The fourth-order valence-corrected chi connectivity index (χ4v) is 4.94. The number of hydrogen-bond donors (Lipinski definition) is 1. The Labute approximate surface area is 186 Å². The highest BCUT2D eigenvalue weighted by atomic mass is 32.2. The highest BCUT2D eigenvalue weighted by molar-refractivity contribution is 7.99. The quantitative estimate of drug-likeness (QED) is 0.656. The fourth-order valence-electron chi connectivity index (χ4n) is 4.12. The first-order valence-electron chi connectivity index (χ1n) is 11.1. The van der Waals surface area contributed by atoms with Crippen LogP contribution in [0.25, 0.3) is 0 Å². The van der Waals surface area contributed by atoms with Crippen molar-refractivity contribution in [1.82, 2.24) is 20.1 Å². The van der Waals surface area contributed by atoms with Crippen molar-refractivity contribution in [2.24, 2.45) is 5.92 Å². The van der Waals surface area contributed by atoms with Crippen molar-refractivity contribution in [2.75, 3.05) is 30.5 Å². The third-order valence-electron chi connectivity index (χ3n) is 6.23. The van der Waals surface area contributed by atoms with Crippen LogP contribution in [0.4, 0.5) is 5.95 Å². The molecule has 2 fully saturated rings. The van der Waals surface area contributed by atoms with Gasteiger partial charge in [0, 0.05) is 19.1 Å². The number of carbonyl (C=O) groups excluding carboxylic acids is 1. The molecule has 2 aromatic rings. The molecule has 0 radical (unpaired) electrons. The van der Waals surface area contributed by atoms with E-state index in [0.717, 1.165) is 60.0 Å². The topological polar surface area (TPSA) is 81.5 Å². The molecule has 0 bridgehead atoms. The van der Waals surface area contributed by atoms with Crippen LogP contribution in [-0.2, 0) is 4.79 Å². The van der Waals surface area contributed by atoms with E-state index in [2.05, 4.69) is 31.9 Å². The molecule has 0 spiro atoms. The van der Waals surface area contributed by atoms with Gasteiger partial charge in [-0.1, -0.05) is 24.8 Å². The molecule has 1 saturated carbocycles. The number of nitrogens with zero attached hydrogens (tertiary/aromatic N) is 4. The zero-order valence-corrected chi connectivity index (χ0v) is 18.9. The third-order valence-corrected chi connectivity index (χ3v) is 7.17. The summed E-state index contributed by atoms with van der Waals surface area (Å²) in [5.41, 5.74) is 0.991. The monoisotopic (exact) mass is 443 g/mol. The van der Waals surface area contributed by atoms with Crippen LogP contribution < -0.4 is 19.7 Å². The van der Waals surface area contributed by atoms with Gasteiger partial charge in [-0.2, -0.15) is 0 Å². The molecule has 8 nitrogen and oxygen atoms in total. The number of piperidine rings is 1. The average molecular weight is 444 g/mol. The van der Waals surface area contributed by atoms with Crippen molar-refractivity contribution in [3.8, 4) is 11.5 Å². The summed E-state index contributed by atoms with van der Waals surface area (Å²) in [6.07, 6.45) is 4.71. The summed E-state index contributed by atoms with van der Waals surface area (Å²) in [6, 6.07) is 6.13. The van der Waals surface area contributed by atoms with E-state index < -0.39 is 0 Å². The van der Waals surface area contributed by atoms with Crippen LogP contribution in [0.2, 0.25) is 0 Å². The molecular formula is C22H29N5O3S. The molecule has 5 rings (SSSR count). The second-order valence-corrected chi connectivity index (χ2v) is 9.69. The number of hydrogen-bond acceptors (Lipinski definition) is 7. The molecule has 1 saturated heterocycles. The Balaban J connectivity index is 1.20. The van der Waals surface area contributed by atoms with E-state index in [1.165, 1.54) is 24.6 Å². The highest BCUT2D eigenvalue weighted by Crippen LogP contribution is 2.41. The number of carbonyl (C=O) groups is 1. The molecule has 9 heteroatoms. The maximum atomic E-state index is 12.6. The molecule has 1 amide bonds. The molecule has 31 heavy (non-hydrogen) atoms. The molecule has 1 atom stereocenters. The van der Waals surface area contributed by atoms with Crippen LogP contribution in [0.15, 0.2) is 23.4 Å². The molecule has 1 aromatic carbocycles. The van der Waals surface area contributed by atoms with Crippen LogP contribution in [-0.4, -0.2) is 46.3 Å². The van der Waals surface area contributed by atoms with Crippen molar-refractivity contribution < 1.29 is 14.3 Å². The smallest absolute Gasteiger partial charge is 0.231 e. The lowest BCUT2D eigenvalue weighted by molar-refractivity contribution is -0.119. The second kappa shape index (κ2) is 8.61. The number of nitrogens with one attached hydrogen (secondary N) is 1. The van der Waals surface area contributed by atoms with Gasteiger partial charge in [-0.3, -0.25) is 9.36 Å². The van der Waals surface area contributed by atoms with E-state index in [4.69, 9.17) is 9.47 Å². The van der Waals surface area contributed by atoms with Crippen molar-refractivity contribution in [3.63, 3.8) is 0 Å². The first kappa shape index (κ1) is 20.5.